The highest BCUT2D eigenvalue weighted by Gasteiger charge is 2.31. The van der Waals surface area contributed by atoms with Gasteiger partial charge in [-0.2, -0.15) is 5.10 Å². The van der Waals surface area contributed by atoms with Crippen molar-refractivity contribution < 1.29 is 27.4 Å². The van der Waals surface area contributed by atoms with Gasteiger partial charge in [0, 0.05) is 40.8 Å². The number of aromatic amines is 1. The normalized spacial score (nSPS) is 11.7. The number of carbonyl (C=O) groups excluding carboxylic acids is 1. The Labute approximate surface area is 264 Å². The van der Waals surface area contributed by atoms with Crippen LogP contribution in [0.2, 0.25) is 5.02 Å². The molecule has 0 spiro atoms. The van der Waals surface area contributed by atoms with E-state index in [0.29, 0.717) is 35.7 Å². The zero-order valence-corrected chi connectivity index (χ0v) is 26.4. The summed E-state index contributed by atoms with van der Waals surface area (Å²) < 4.78 is 50.1. The summed E-state index contributed by atoms with van der Waals surface area (Å²) >= 11 is 6.30. The van der Waals surface area contributed by atoms with E-state index < -0.39 is 6.36 Å². The van der Waals surface area contributed by atoms with Crippen molar-refractivity contribution in [2.24, 2.45) is 7.05 Å². The molecule has 45 heavy (non-hydrogen) atoms. The fourth-order valence-electron chi connectivity index (χ4n) is 5.65. The molecule has 2 N–H and O–H groups in total. The summed E-state index contributed by atoms with van der Waals surface area (Å²) in [6.45, 7) is 8.24. The topological polar surface area (TPSA) is 81.2 Å². The molecule has 0 aliphatic carbocycles. The van der Waals surface area contributed by atoms with E-state index in [0.717, 1.165) is 55.9 Å². The number of nitrogens with zero attached hydrogens (tertiary/aromatic N) is 2. The van der Waals surface area contributed by atoms with E-state index in [2.05, 4.69) is 20.1 Å². The summed E-state index contributed by atoms with van der Waals surface area (Å²) in [6, 6.07) is 15.3. The molecule has 5 rings (SSSR count). The lowest BCUT2D eigenvalue weighted by atomic mass is 9.98. The zero-order valence-electron chi connectivity index (χ0n) is 25.7. The lowest BCUT2D eigenvalue weighted by Gasteiger charge is -2.11. The second-order valence-corrected chi connectivity index (χ2v) is 11.5. The van der Waals surface area contributed by atoms with Crippen LogP contribution in [-0.2, 0) is 20.0 Å². The molecule has 2 aromatic heterocycles. The first kappa shape index (κ1) is 32.0. The fraction of sp³-hybridized carbons (Fsp3) is 0.294. The molecule has 0 saturated heterocycles. The van der Waals surface area contributed by atoms with Gasteiger partial charge in [0.25, 0.3) is 5.91 Å². The number of hydrogen-bond donors (Lipinski definition) is 2. The third kappa shape index (κ3) is 7.12. The Morgan fingerprint density at radius 3 is 2.40 bits per heavy atom. The van der Waals surface area contributed by atoms with Crippen LogP contribution in [0.4, 0.5) is 13.2 Å². The molecule has 0 saturated carbocycles. The molecule has 0 aliphatic rings. The average molecular weight is 639 g/mol. The van der Waals surface area contributed by atoms with Crippen LogP contribution in [0.5, 0.6) is 11.5 Å². The number of halogens is 4. The summed E-state index contributed by atoms with van der Waals surface area (Å²) in [4.78, 5) is 17.0. The van der Waals surface area contributed by atoms with E-state index in [4.69, 9.17) is 16.3 Å². The van der Waals surface area contributed by atoms with Gasteiger partial charge < -0.3 is 19.8 Å². The largest absolute Gasteiger partial charge is 0.573 e. The van der Waals surface area contributed by atoms with Gasteiger partial charge in [-0.1, -0.05) is 41.9 Å². The van der Waals surface area contributed by atoms with E-state index >= 15 is 0 Å². The molecule has 5 aromatic rings. The molecule has 0 bridgehead atoms. The van der Waals surface area contributed by atoms with Gasteiger partial charge in [-0.3, -0.25) is 9.48 Å². The van der Waals surface area contributed by atoms with Gasteiger partial charge in [-0.25, -0.2) is 0 Å². The molecule has 0 fully saturated rings. The second-order valence-electron chi connectivity index (χ2n) is 11.1. The Hall–Kier alpha value is -4.44. The molecule has 0 unspecified atom stereocenters. The van der Waals surface area contributed by atoms with Crippen molar-refractivity contribution in [3.63, 3.8) is 0 Å². The van der Waals surface area contributed by atoms with Crippen molar-refractivity contribution in [2.75, 3.05) is 6.61 Å². The van der Waals surface area contributed by atoms with Gasteiger partial charge in [0.1, 0.15) is 17.2 Å². The second kappa shape index (κ2) is 12.9. The van der Waals surface area contributed by atoms with E-state index in [9.17, 15) is 18.0 Å². The van der Waals surface area contributed by atoms with Crippen molar-refractivity contribution in [1.29, 1.82) is 0 Å². The molecule has 1 amide bonds. The van der Waals surface area contributed by atoms with Crippen molar-refractivity contribution in [1.82, 2.24) is 20.1 Å². The first-order chi connectivity index (χ1) is 21.3. The number of para-hydroxylation sites is 1. The number of carbonyl (C=O) groups is 1. The molecule has 0 radical (unpaired) electrons. The Morgan fingerprint density at radius 2 is 1.73 bits per heavy atom. The number of rotatable bonds is 10. The molecule has 3 aromatic carbocycles. The fourth-order valence-corrected chi connectivity index (χ4v) is 5.76. The quantitative estimate of drug-likeness (QED) is 0.151. The van der Waals surface area contributed by atoms with Crippen LogP contribution in [0.1, 0.15) is 50.6 Å². The Morgan fingerprint density at radius 1 is 1.02 bits per heavy atom. The third-order valence-corrected chi connectivity index (χ3v) is 8.38. The van der Waals surface area contributed by atoms with Crippen molar-refractivity contribution >= 4 is 28.4 Å². The summed E-state index contributed by atoms with van der Waals surface area (Å²) in [5.74, 6) is 0.00473. The number of aryl methyl sites for hydroxylation is 5. The van der Waals surface area contributed by atoms with Crippen LogP contribution in [0, 0.1) is 27.7 Å². The number of fused-ring (bicyclic) bond motifs is 1. The zero-order chi connectivity index (χ0) is 32.5. The highest BCUT2D eigenvalue weighted by Crippen LogP contribution is 2.36. The lowest BCUT2D eigenvalue weighted by molar-refractivity contribution is -0.274. The number of H-pyrrole nitrogens is 1. The SMILES string of the molecule is Cc1cc(OCCCc2c(C(=O)NCc3cccc(OC(F)(F)F)c3)[nH]c3c(-c4c(C)nn(C)c4C)cccc23)cc(C)c1Cl. The standard InChI is InChI=1S/C34H34ClF3N4O3/c1-19-15-25(16-20(2)30(19)35)44-14-8-13-27-26-11-7-12-28(29-21(3)41-42(5)22(29)4)31(26)40-32(27)33(43)39-18-23-9-6-10-24(17-23)45-34(36,37)38/h6-7,9-12,15-17,40H,8,13-14,18H2,1-5H3,(H,39,43). The number of nitrogens with one attached hydrogen (secondary N) is 2. The molecule has 0 atom stereocenters. The van der Waals surface area contributed by atoms with Gasteiger partial charge >= 0.3 is 6.36 Å². The third-order valence-electron chi connectivity index (χ3n) is 7.78. The van der Waals surface area contributed by atoms with Crippen LogP contribution < -0.4 is 14.8 Å². The maximum Gasteiger partial charge on any atom is 0.573 e. The maximum absolute atomic E-state index is 13.7. The maximum atomic E-state index is 13.7. The molecule has 236 valence electrons. The van der Waals surface area contributed by atoms with Crippen LogP contribution in [-0.4, -0.2) is 33.6 Å². The van der Waals surface area contributed by atoms with Crippen molar-refractivity contribution in [3.8, 4) is 22.6 Å². The number of ether oxygens (including phenoxy) is 2. The van der Waals surface area contributed by atoms with Crippen molar-refractivity contribution in [2.45, 2.75) is 53.4 Å². The number of aromatic nitrogens is 3. The Bertz CT molecular complexity index is 1850. The molecule has 2 heterocycles. The predicted octanol–water partition coefficient (Wildman–Crippen LogP) is 8.30. The molecule has 7 nitrogen and oxygen atoms in total. The molecular formula is C34H34ClF3N4O3. The minimum atomic E-state index is -4.81. The van der Waals surface area contributed by atoms with Gasteiger partial charge in [-0.15, -0.1) is 13.2 Å². The monoisotopic (exact) mass is 638 g/mol. The van der Waals surface area contributed by atoms with Crippen LogP contribution >= 0.6 is 11.6 Å². The van der Waals surface area contributed by atoms with E-state index in [-0.39, 0.29) is 18.2 Å². The highest BCUT2D eigenvalue weighted by molar-refractivity contribution is 6.32. The number of benzene rings is 3. The Kier molecular flexibility index (Phi) is 9.16. The van der Waals surface area contributed by atoms with Gasteiger partial charge in [0.15, 0.2) is 0 Å². The van der Waals surface area contributed by atoms with Crippen LogP contribution in [0.3, 0.4) is 0 Å². The lowest BCUT2D eigenvalue weighted by Crippen LogP contribution is -2.24. The summed E-state index contributed by atoms with van der Waals surface area (Å²) in [6.07, 6.45) is -3.64. The number of hydrogen-bond acceptors (Lipinski definition) is 4. The smallest absolute Gasteiger partial charge is 0.494 e. The number of alkyl halides is 3. The molecular weight excluding hydrogens is 605 g/mol. The first-order valence-corrected chi connectivity index (χ1v) is 14.9. The van der Waals surface area contributed by atoms with E-state index in [1.54, 1.807) is 6.07 Å². The Balaban J connectivity index is 1.43. The van der Waals surface area contributed by atoms with Gasteiger partial charge in [0.2, 0.25) is 0 Å². The summed E-state index contributed by atoms with van der Waals surface area (Å²) in [5, 5.41) is 9.05. The predicted molar refractivity (Wildman–Crippen MR) is 169 cm³/mol. The minimum absolute atomic E-state index is 0.00868. The average Bonchev–Trinajstić information content (AvgIpc) is 3.47. The van der Waals surface area contributed by atoms with Crippen LogP contribution in [0.15, 0.2) is 54.6 Å². The minimum Gasteiger partial charge on any atom is -0.494 e. The summed E-state index contributed by atoms with van der Waals surface area (Å²) in [7, 11) is 1.89. The van der Waals surface area contributed by atoms with Gasteiger partial charge in [-0.05, 0) is 87.1 Å². The molecule has 0 aliphatic heterocycles. The molecule has 11 heteroatoms. The van der Waals surface area contributed by atoms with E-state index in [1.807, 2.05) is 69.8 Å². The van der Waals surface area contributed by atoms with E-state index in [1.165, 1.54) is 18.2 Å². The highest BCUT2D eigenvalue weighted by atomic mass is 35.5. The number of amides is 1. The first-order valence-electron chi connectivity index (χ1n) is 14.5. The van der Waals surface area contributed by atoms with Gasteiger partial charge in [0.05, 0.1) is 17.8 Å². The van der Waals surface area contributed by atoms with Crippen LogP contribution in [0.25, 0.3) is 22.0 Å². The van der Waals surface area contributed by atoms with Crippen molar-refractivity contribution in [3.05, 3.63) is 99.0 Å². The summed E-state index contributed by atoms with van der Waals surface area (Å²) in [5.41, 5.74) is 8.13.